The topological polar surface area (TPSA) is 80.3 Å². The Bertz CT molecular complexity index is 397. The normalized spacial score (nSPS) is 41.4. The average Bonchev–Trinajstić information content (AvgIpc) is 2.80. The molecule has 0 aromatic rings. The molecule has 2 aliphatic rings. The molecule has 110 valence electrons. The van der Waals surface area contributed by atoms with Gasteiger partial charge in [-0.05, 0) is 27.7 Å². The first-order valence-corrected chi connectivity index (χ1v) is 7.06. The second kappa shape index (κ2) is 5.10. The van der Waals surface area contributed by atoms with Crippen LogP contribution in [0.2, 0.25) is 0 Å². The lowest BCUT2D eigenvalue weighted by Gasteiger charge is -2.27. The smallest absolute Gasteiger partial charge is 0.342 e. The zero-order valence-electron chi connectivity index (χ0n) is 11.3. The number of hydrogen-bond donors (Lipinski definition) is 0. The van der Waals surface area contributed by atoms with Crippen LogP contribution in [0.25, 0.3) is 0 Å². The molecule has 0 aliphatic carbocycles. The largest absolute Gasteiger partial charge is 0.464 e. The zero-order chi connectivity index (χ0) is 14.3. The molecule has 0 bridgehead atoms. The Morgan fingerprint density at radius 2 is 2.11 bits per heavy atom. The van der Waals surface area contributed by atoms with E-state index in [9.17, 15) is 9.00 Å². The molecule has 2 unspecified atom stereocenters. The van der Waals surface area contributed by atoms with Gasteiger partial charge in [-0.15, -0.1) is 0 Å². The average molecular weight is 294 g/mol. The van der Waals surface area contributed by atoms with Crippen molar-refractivity contribution in [2.45, 2.75) is 51.3 Å². The van der Waals surface area contributed by atoms with E-state index in [1.54, 1.807) is 20.8 Å². The third-order valence-electron chi connectivity index (χ3n) is 3.02. The van der Waals surface area contributed by atoms with Crippen LogP contribution in [0.5, 0.6) is 0 Å². The van der Waals surface area contributed by atoms with Crippen molar-refractivity contribution in [2.24, 2.45) is 0 Å². The zero-order valence-corrected chi connectivity index (χ0v) is 12.2. The van der Waals surface area contributed by atoms with Crippen molar-refractivity contribution in [3.05, 3.63) is 0 Å². The van der Waals surface area contributed by atoms with Crippen LogP contribution in [-0.2, 0) is 38.7 Å². The minimum atomic E-state index is -2.00. The Kier molecular flexibility index (Phi) is 3.99. The summed E-state index contributed by atoms with van der Waals surface area (Å²) >= 11 is -2.00. The summed E-state index contributed by atoms with van der Waals surface area (Å²) < 4.78 is 37.7. The van der Waals surface area contributed by atoms with E-state index < -0.39 is 40.9 Å². The minimum Gasteiger partial charge on any atom is -0.464 e. The van der Waals surface area contributed by atoms with Gasteiger partial charge in [0.15, 0.2) is 5.79 Å². The van der Waals surface area contributed by atoms with Gasteiger partial charge in [0, 0.05) is 0 Å². The van der Waals surface area contributed by atoms with Crippen molar-refractivity contribution in [3.8, 4) is 0 Å². The van der Waals surface area contributed by atoms with Gasteiger partial charge in [0.25, 0.3) is 0 Å². The van der Waals surface area contributed by atoms with Crippen molar-refractivity contribution in [1.82, 2.24) is 0 Å². The summed E-state index contributed by atoms with van der Waals surface area (Å²) in [6.45, 7) is 7.09. The van der Waals surface area contributed by atoms with Crippen molar-refractivity contribution >= 4 is 17.3 Å². The van der Waals surface area contributed by atoms with Crippen LogP contribution in [0.15, 0.2) is 0 Å². The van der Waals surface area contributed by atoms with Crippen LogP contribution >= 0.6 is 0 Å². The van der Waals surface area contributed by atoms with E-state index in [2.05, 4.69) is 0 Å². The summed E-state index contributed by atoms with van der Waals surface area (Å²) in [4.78, 5) is 12.0. The summed E-state index contributed by atoms with van der Waals surface area (Å²) in [5.41, 5.74) is -1.46. The molecule has 0 spiro atoms. The number of carbonyl (C=O) groups excluding carboxylic acids is 1. The molecular weight excluding hydrogens is 276 g/mol. The molecule has 0 saturated carbocycles. The van der Waals surface area contributed by atoms with Gasteiger partial charge in [-0.25, -0.2) is 8.98 Å². The van der Waals surface area contributed by atoms with Gasteiger partial charge >= 0.3 is 17.3 Å². The molecule has 19 heavy (non-hydrogen) atoms. The van der Waals surface area contributed by atoms with Crippen molar-refractivity contribution in [1.29, 1.82) is 0 Å². The number of hydrogen-bond acceptors (Lipinski definition) is 7. The third-order valence-corrected chi connectivity index (χ3v) is 3.86. The molecule has 7 nitrogen and oxygen atoms in total. The third kappa shape index (κ3) is 2.82. The highest BCUT2D eigenvalue weighted by Crippen LogP contribution is 2.37. The second-order valence-corrected chi connectivity index (χ2v) is 5.77. The van der Waals surface area contributed by atoms with Crippen molar-refractivity contribution in [3.63, 3.8) is 0 Å². The SMILES string of the molecule is CCOC(=O)[C@]1(C)OS(=O)OC1[C@H]1COC(C)(C)O1. The number of esters is 1. The number of carbonyl (C=O) groups is 1. The molecule has 2 rings (SSSR count). The predicted octanol–water partition coefficient (Wildman–Crippen LogP) is 0.454. The molecule has 0 aromatic heterocycles. The molecule has 2 heterocycles. The van der Waals surface area contributed by atoms with E-state index >= 15 is 0 Å². The highest BCUT2D eigenvalue weighted by Gasteiger charge is 2.59. The second-order valence-electron chi connectivity index (χ2n) is 5.00. The molecule has 2 fully saturated rings. The Morgan fingerprint density at radius 1 is 1.42 bits per heavy atom. The Labute approximate surface area is 114 Å². The molecular formula is C11H18O7S. The van der Waals surface area contributed by atoms with Crippen LogP contribution in [-0.4, -0.2) is 47.0 Å². The Hall–Kier alpha value is -0.540. The van der Waals surface area contributed by atoms with Crippen molar-refractivity contribution < 1.29 is 31.6 Å². The van der Waals surface area contributed by atoms with Gasteiger partial charge in [0.1, 0.15) is 12.2 Å². The van der Waals surface area contributed by atoms with Crippen LogP contribution in [0, 0.1) is 0 Å². The van der Waals surface area contributed by atoms with Crippen LogP contribution in [0.1, 0.15) is 27.7 Å². The fourth-order valence-electron chi connectivity index (χ4n) is 2.09. The fraction of sp³-hybridized carbons (Fsp3) is 0.909. The summed E-state index contributed by atoms with van der Waals surface area (Å²) in [6, 6.07) is 0. The molecule has 2 saturated heterocycles. The van der Waals surface area contributed by atoms with Crippen LogP contribution < -0.4 is 0 Å². The first kappa shape index (κ1) is 14.9. The highest BCUT2D eigenvalue weighted by atomic mass is 32.2. The van der Waals surface area contributed by atoms with E-state index in [4.69, 9.17) is 22.6 Å². The maximum atomic E-state index is 12.0. The molecule has 0 amide bonds. The fourth-order valence-corrected chi connectivity index (χ4v) is 3.05. The molecule has 2 aliphatic heterocycles. The van der Waals surface area contributed by atoms with Crippen molar-refractivity contribution in [2.75, 3.05) is 13.2 Å². The molecule has 0 radical (unpaired) electrons. The number of ether oxygens (including phenoxy) is 3. The molecule has 4 atom stereocenters. The van der Waals surface area contributed by atoms with E-state index in [1.807, 2.05) is 0 Å². The number of rotatable bonds is 3. The lowest BCUT2D eigenvalue weighted by molar-refractivity contribution is -0.175. The monoisotopic (exact) mass is 294 g/mol. The van der Waals surface area contributed by atoms with E-state index in [1.165, 1.54) is 6.92 Å². The maximum Gasteiger partial charge on any atom is 0.342 e. The lowest BCUT2D eigenvalue weighted by Crippen LogP contribution is -2.52. The van der Waals surface area contributed by atoms with E-state index in [-0.39, 0.29) is 13.2 Å². The summed E-state index contributed by atoms with van der Waals surface area (Å²) in [5.74, 6) is -1.40. The summed E-state index contributed by atoms with van der Waals surface area (Å²) in [5, 5.41) is 0. The van der Waals surface area contributed by atoms with Gasteiger partial charge in [0.05, 0.1) is 13.2 Å². The Balaban J connectivity index is 2.18. The van der Waals surface area contributed by atoms with Gasteiger partial charge in [-0.1, -0.05) is 0 Å². The van der Waals surface area contributed by atoms with Crippen LogP contribution in [0.4, 0.5) is 0 Å². The van der Waals surface area contributed by atoms with Gasteiger partial charge in [0.2, 0.25) is 5.60 Å². The quantitative estimate of drug-likeness (QED) is 0.699. The first-order chi connectivity index (χ1) is 8.78. The van der Waals surface area contributed by atoms with Gasteiger partial charge in [-0.3, -0.25) is 4.18 Å². The minimum absolute atomic E-state index is 0.199. The van der Waals surface area contributed by atoms with E-state index in [0.717, 1.165) is 0 Å². The first-order valence-electron chi connectivity index (χ1n) is 6.06. The summed E-state index contributed by atoms with van der Waals surface area (Å²) in [7, 11) is 0. The van der Waals surface area contributed by atoms with E-state index in [0.29, 0.717) is 0 Å². The van der Waals surface area contributed by atoms with Gasteiger partial charge in [-0.2, -0.15) is 4.21 Å². The standard InChI is InChI=1S/C11H18O7S/c1-5-14-9(12)11(4)8(17-19(13)18-11)7-6-15-10(2,3)16-7/h7-8H,5-6H2,1-4H3/t7-,8?,11-,19?/m1/s1. The Morgan fingerprint density at radius 3 is 2.63 bits per heavy atom. The maximum absolute atomic E-state index is 12.0. The highest BCUT2D eigenvalue weighted by molar-refractivity contribution is 7.75. The van der Waals surface area contributed by atoms with Crippen LogP contribution in [0.3, 0.4) is 0 Å². The molecule has 0 aromatic carbocycles. The lowest BCUT2D eigenvalue weighted by atomic mass is 9.95. The molecule has 8 heteroatoms. The summed E-state index contributed by atoms with van der Waals surface area (Å²) in [6.07, 6.45) is -1.38. The predicted molar refractivity (Wildman–Crippen MR) is 64.0 cm³/mol. The molecule has 0 N–H and O–H groups in total. The van der Waals surface area contributed by atoms with Gasteiger partial charge < -0.3 is 14.2 Å².